The molecule has 2 aromatic rings. The summed E-state index contributed by atoms with van der Waals surface area (Å²) in [6.07, 6.45) is 4.09. The van der Waals surface area contributed by atoms with E-state index in [9.17, 15) is 9.59 Å². The number of anilines is 1. The largest absolute Gasteiger partial charge is 0.340 e. The van der Waals surface area contributed by atoms with Gasteiger partial charge in [-0.2, -0.15) is 0 Å². The third-order valence-corrected chi connectivity index (χ3v) is 5.60. The highest BCUT2D eigenvalue weighted by Crippen LogP contribution is 2.25. The second kappa shape index (κ2) is 8.57. The number of carbonyl (C=O) groups is 2. The molecular formula is C22H25ClN2O2. The average molecular weight is 385 g/mol. The van der Waals surface area contributed by atoms with Crippen LogP contribution in [0.4, 0.5) is 5.69 Å². The zero-order valence-electron chi connectivity index (χ0n) is 15.7. The molecule has 2 amide bonds. The Balaban J connectivity index is 1.75. The monoisotopic (exact) mass is 384 g/mol. The number of hydrogen-bond donors (Lipinski definition) is 2. The van der Waals surface area contributed by atoms with Crippen LogP contribution in [-0.4, -0.2) is 17.9 Å². The van der Waals surface area contributed by atoms with Gasteiger partial charge in [0.2, 0.25) is 5.91 Å². The van der Waals surface area contributed by atoms with Gasteiger partial charge in [0.15, 0.2) is 0 Å². The van der Waals surface area contributed by atoms with E-state index in [4.69, 9.17) is 11.6 Å². The van der Waals surface area contributed by atoms with E-state index in [1.165, 1.54) is 11.1 Å². The Hall–Kier alpha value is -2.33. The Labute approximate surface area is 165 Å². The van der Waals surface area contributed by atoms with Crippen LogP contribution in [0.5, 0.6) is 0 Å². The molecule has 5 heteroatoms. The van der Waals surface area contributed by atoms with Gasteiger partial charge in [0.1, 0.15) is 6.04 Å². The Kier molecular flexibility index (Phi) is 6.17. The smallest absolute Gasteiger partial charge is 0.253 e. The number of hydrogen-bond acceptors (Lipinski definition) is 2. The fourth-order valence-electron chi connectivity index (χ4n) is 3.44. The fraction of sp³-hybridized carbons (Fsp3) is 0.364. The third-order valence-electron chi connectivity index (χ3n) is 5.27. The first-order valence-electron chi connectivity index (χ1n) is 9.47. The summed E-state index contributed by atoms with van der Waals surface area (Å²) in [6.45, 7) is 3.96. The van der Waals surface area contributed by atoms with Crippen LogP contribution in [0.3, 0.4) is 0 Å². The second-order valence-electron chi connectivity index (χ2n) is 7.14. The molecule has 4 nitrogen and oxygen atoms in total. The van der Waals surface area contributed by atoms with Crippen molar-refractivity contribution in [1.29, 1.82) is 0 Å². The highest BCUT2D eigenvalue weighted by molar-refractivity contribution is 6.33. The maximum absolute atomic E-state index is 12.9. The minimum atomic E-state index is -0.632. The van der Waals surface area contributed by atoms with Crippen molar-refractivity contribution in [2.24, 2.45) is 5.92 Å². The van der Waals surface area contributed by atoms with Gasteiger partial charge in [0, 0.05) is 5.69 Å². The van der Waals surface area contributed by atoms with Crippen molar-refractivity contribution < 1.29 is 9.59 Å². The lowest BCUT2D eigenvalue weighted by molar-refractivity contribution is -0.119. The standard InChI is InChI=1S/C22H25ClN2O2/c1-3-14(2)20(25-21(26)18-9-4-5-10-19(18)23)22(27)24-17-12-11-15-7-6-8-16(15)13-17/h4-5,9-14,20H,3,6-8H2,1-2H3,(H,24,27)(H,25,26). The molecule has 2 aromatic carbocycles. The van der Waals surface area contributed by atoms with Crippen LogP contribution in [0.25, 0.3) is 0 Å². The van der Waals surface area contributed by atoms with Gasteiger partial charge in [-0.05, 0) is 60.6 Å². The number of fused-ring (bicyclic) bond motifs is 1. The van der Waals surface area contributed by atoms with Gasteiger partial charge in [-0.25, -0.2) is 0 Å². The molecule has 0 radical (unpaired) electrons. The first-order chi connectivity index (χ1) is 13.0. The van der Waals surface area contributed by atoms with Crippen LogP contribution in [0.15, 0.2) is 42.5 Å². The van der Waals surface area contributed by atoms with Crippen LogP contribution >= 0.6 is 11.6 Å². The van der Waals surface area contributed by atoms with Crippen molar-refractivity contribution in [1.82, 2.24) is 5.32 Å². The van der Waals surface area contributed by atoms with E-state index in [2.05, 4.69) is 16.7 Å². The third kappa shape index (κ3) is 4.51. The number of amides is 2. The Morgan fingerprint density at radius 3 is 2.59 bits per heavy atom. The summed E-state index contributed by atoms with van der Waals surface area (Å²) in [4.78, 5) is 25.5. The number of halogens is 1. The normalized spacial score (nSPS) is 14.9. The van der Waals surface area contributed by atoms with Crippen molar-refractivity contribution in [3.8, 4) is 0 Å². The molecule has 142 valence electrons. The van der Waals surface area contributed by atoms with Crippen molar-refractivity contribution in [3.05, 3.63) is 64.2 Å². The second-order valence-corrected chi connectivity index (χ2v) is 7.55. The molecule has 0 saturated carbocycles. The van der Waals surface area contributed by atoms with Crippen LogP contribution < -0.4 is 10.6 Å². The number of carbonyl (C=O) groups excluding carboxylic acids is 2. The molecule has 0 saturated heterocycles. The molecule has 0 heterocycles. The van der Waals surface area contributed by atoms with Gasteiger partial charge < -0.3 is 10.6 Å². The van der Waals surface area contributed by atoms with E-state index < -0.39 is 6.04 Å². The highest BCUT2D eigenvalue weighted by atomic mass is 35.5. The van der Waals surface area contributed by atoms with Crippen LogP contribution in [-0.2, 0) is 17.6 Å². The van der Waals surface area contributed by atoms with Gasteiger partial charge >= 0.3 is 0 Å². The van der Waals surface area contributed by atoms with E-state index >= 15 is 0 Å². The topological polar surface area (TPSA) is 58.2 Å². The molecule has 2 N–H and O–H groups in total. The summed E-state index contributed by atoms with van der Waals surface area (Å²) in [5, 5.41) is 6.21. The molecule has 27 heavy (non-hydrogen) atoms. The summed E-state index contributed by atoms with van der Waals surface area (Å²) in [6, 6.07) is 12.3. The molecule has 0 bridgehead atoms. The number of rotatable bonds is 6. The van der Waals surface area contributed by atoms with E-state index in [1.54, 1.807) is 24.3 Å². The van der Waals surface area contributed by atoms with Gasteiger partial charge in [-0.3, -0.25) is 9.59 Å². The van der Waals surface area contributed by atoms with Crippen molar-refractivity contribution in [2.75, 3.05) is 5.32 Å². The van der Waals surface area contributed by atoms with Crippen LogP contribution in [0, 0.1) is 5.92 Å². The van der Waals surface area contributed by atoms with Crippen molar-refractivity contribution in [3.63, 3.8) is 0 Å². The maximum atomic E-state index is 12.9. The molecule has 1 aliphatic carbocycles. The number of aryl methyl sites for hydroxylation is 2. The zero-order valence-corrected chi connectivity index (χ0v) is 16.5. The summed E-state index contributed by atoms with van der Waals surface area (Å²) in [5.41, 5.74) is 3.81. The molecule has 0 aliphatic heterocycles. The zero-order chi connectivity index (χ0) is 19.4. The van der Waals surface area contributed by atoms with Gasteiger partial charge in [0.05, 0.1) is 10.6 Å². The molecule has 0 fully saturated rings. The molecule has 2 atom stereocenters. The first kappa shape index (κ1) is 19.4. The first-order valence-corrected chi connectivity index (χ1v) is 9.85. The van der Waals surface area contributed by atoms with E-state index in [0.717, 1.165) is 31.4 Å². The minimum absolute atomic E-state index is 0.00846. The lowest BCUT2D eigenvalue weighted by Gasteiger charge is -2.24. The molecule has 3 rings (SSSR count). The lowest BCUT2D eigenvalue weighted by atomic mass is 9.97. The van der Waals surface area contributed by atoms with Gasteiger partial charge in [-0.1, -0.05) is 50.1 Å². The summed E-state index contributed by atoms with van der Waals surface area (Å²) < 4.78 is 0. The molecule has 1 aliphatic rings. The van der Waals surface area contributed by atoms with Crippen LogP contribution in [0.2, 0.25) is 5.02 Å². The van der Waals surface area contributed by atoms with Gasteiger partial charge in [0.25, 0.3) is 5.91 Å². The Morgan fingerprint density at radius 2 is 1.85 bits per heavy atom. The quantitative estimate of drug-likeness (QED) is 0.763. The fourth-order valence-corrected chi connectivity index (χ4v) is 3.66. The van der Waals surface area contributed by atoms with E-state index in [0.29, 0.717) is 10.6 Å². The SMILES string of the molecule is CCC(C)C(NC(=O)c1ccccc1Cl)C(=O)Nc1ccc2c(c1)CCC2. The predicted octanol–water partition coefficient (Wildman–Crippen LogP) is 4.61. The van der Waals surface area contributed by atoms with Crippen molar-refractivity contribution >= 4 is 29.1 Å². The number of benzene rings is 2. The maximum Gasteiger partial charge on any atom is 0.253 e. The summed E-state index contributed by atoms with van der Waals surface area (Å²) >= 11 is 6.12. The van der Waals surface area contributed by atoms with Crippen LogP contribution in [0.1, 0.15) is 48.2 Å². The summed E-state index contributed by atoms with van der Waals surface area (Å²) in [5.74, 6) is -0.552. The predicted molar refractivity (Wildman–Crippen MR) is 109 cm³/mol. The van der Waals surface area contributed by atoms with E-state index in [1.807, 2.05) is 26.0 Å². The molecular weight excluding hydrogens is 360 g/mol. The molecule has 0 spiro atoms. The number of nitrogens with one attached hydrogen (secondary N) is 2. The highest BCUT2D eigenvalue weighted by Gasteiger charge is 2.27. The lowest BCUT2D eigenvalue weighted by Crippen LogP contribution is -2.47. The average Bonchev–Trinajstić information content (AvgIpc) is 3.13. The summed E-state index contributed by atoms with van der Waals surface area (Å²) in [7, 11) is 0. The van der Waals surface area contributed by atoms with E-state index in [-0.39, 0.29) is 17.7 Å². The molecule has 0 aromatic heterocycles. The van der Waals surface area contributed by atoms with Gasteiger partial charge in [-0.15, -0.1) is 0 Å². The Bertz CT molecular complexity index is 850. The van der Waals surface area contributed by atoms with Crippen molar-refractivity contribution in [2.45, 2.75) is 45.6 Å². The Morgan fingerprint density at radius 1 is 1.11 bits per heavy atom. The minimum Gasteiger partial charge on any atom is -0.340 e. The molecule has 2 unspecified atom stereocenters.